The summed E-state index contributed by atoms with van der Waals surface area (Å²) in [6, 6.07) is 9.16. The van der Waals surface area contributed by atoms with Crippen molar-refractivity contribution in [2.24, 2.45) is 5.92 Å². The SMILES string of the molecule is CC[C@@H](C)[C@H](O)CNC(=O)COc1ccccc1. The number of carbonyl (C=O) groups is 1. The van der Waals surface area contributed by atoms with Crippen LogP contribution in [-0.2, 0) is 4.79 Å². The van der Waals surface area contributed by atoms with Crippen molar-refractivity contribution in [3.8, 4) is 5.75 Å². The molecule has 1 rings (SSSR count). The number of rotatable bonds is 7. The van der Waals surface area contributed by atoms with Gasteiger partial charge in [-0.15, -0.1) is 0 Å². The van der Waals surface area contributed by atoms with Crippen molar-refractivity contribution in [1.29, 1.82) is 0 Å². The van der Waals surface area contributed by atoms with Gasteiger partial charge in [0.1, 0.15) is 5.75 Å². The lowest BCUT2D eigenvalue weighted by Gasteiger charge is -2.17. The first-order chi connectivity index (χ1) is 8.63. The van der Waals surface area contributed by atoms with Gasteiger partial charge < -0.3 is 15.2 Å². The van der Waals surface area contributed by atoms with E-state index in [9.17, 15) is 9.90 Å². The van der Waals surface area contributed by atoms with E-state index in [0.29, 0.717) is 5.75 Å². The highest BCUT2D eigenvalue weighted by Crippen LogP contribution is 2.08. The first kappa shape index (κ1) is 14.5. The molecular weight excluding hydrogens is 230 g/mol. The van der Waals surface area contributed by atoms with Crippen LogP contribution < -0.4 is 10.1 Å². The second kappa shape index (κ2) is 7.71. The molecule has 0 fully saturated rings. The van der Waals surface area contributed by atoms with Gasteiger partial charge in [-0.05, 0) is 18.1 Å². The Morgan fingerprint density at radius 2 is 2.06 bits per heavy atom. The molecule has 0 unspecified atom stereocenters. The molecule has 0 heterocycles. The molecule has 0 saturated carbocycles. The van der Waals surface area contributed by atoms with Crippen molar-refractivity contribution >= 4 is 5.91 Å². The van der Waals surface area contributed by atoms with E-state index in [0.717, 1.165) is 6.42 Å². The average Bonchev–Trinajstić information content (AvgIpc) is 2.42. The van der Waals surface area contributed by atoms with E-state index < -0.39 is 6.10 Å². The van der Waals surface area contributed by atoms with E-state index in [-0.39, 0.29) is 25.0 Å². The lowest BCUT2D eigenvalue weighted by atomic mass is 10.0. The maximum absolute atomic E-state index is 11.5. The van der Waals surface area contributed by atoms with Gasteiger partial charge in [0.05, 0.1) is 6.10 Å². The van der Waals surface area contributed by atoms with Crippen LogP contribution in [0.1, 0.15) is 20.3 Å². The number of aliphatic hydroxyl groups is 1. The molecular formula is C14H21NO3. The quantitative estimate of drug-likeness (QED) is 0.773. The van der Waals surface area contributed by atoms with Gasteiger partial charge in [-0.1, -0.05) is 38.5 Å². The zero-order valence-electron chi connectivity index (χ0n) is 10.9. The molecule has 0 bridgehead atoms. The van der Waals surface area contributed by atoms with Gasteiger partial charge in [0.25, 0.3) is 5.91 Å². The van der Waals surface area contributed by atoms with Crippen molar-refractivity contribution < 1.29 is 14.6 Å². The number of aliphatic hydroxyl groups excluding tert-OH is 1. The van der Waals surface area contributed by atoms with E-state index in [4.69, 9.17) is 4.74 Å². The third kappa shape index (κ3) is 5.19. The second-order valence-electron chi connectivity index (χ2n) is 4.36. The van der Waals surface area contributed by atoms with Crippen LogP contribution in [-0.4, -0.2) is 30.3 Å². The Morgan fingerprint density at radius 1 is 1.39 bits per heavy atom. The number of benzene rings is 1. The van der Waals surface area contributed by atoms with Gasteiger partial charge in [-0.3, -0.25) is 4.79 Å². The molecule has 0 saturated heterocycles. The summed E-state index contributed by atoms with van der Waals surface area (Å²) in [5, 5.41) is 12.4. The molecule has 4 heteroatoms. The normalized spacial score (nSPS) is 13.7. The topological polar surface area (TPSA) is 58.6 Å². The van der Waals surface area contributed by atoms with Gasteiger partial charge in [0.15, 0.2) is 6.61 Å². The number of para-hydroxylation sites is 1. The van der Waals surface area contributed by atoms with Crippen LogP contribution in [0.3, 0.4) is 0 Å². The molecule has 0 radical (unpaired) electrons. The fourth-order valence-electron chi connectivity index (χ4n) is 1.41. The van der Waals surface area contributed by atoms with E-state index in [1.807, 2.05) is 32.0 Å². The summed E-state index contributed by atoms with van der Waals surface area (Å²) in [5.74, 6) is 0.622. The van der Waals surface area contributed by atoms with Crippen molar-refractivity contribution in [2.75, 3.05) is 13.2 Å². The molecule has 2 N–H and O–H groups in total. The molecule has 1 aromatic rings. The second-order valence-corrected chi connectivity index (χ2v) is 4.36. The number of hydrogen-bond acceptors (Lipinski definition) is 3. The monoisotopic (exact) mass is 251 g/mol. The van der Waals surface area contributed by atoms with E-state index >= 15 is 0 Å². The molecule has 2 atom stereocenters. The molecule has 0 spiro atoms. The lowest BCUT2D eigenvalue weighted by molar-refractivity contribution is -0.123. The molecule has 100 valence electrons. The standard InChI is InChI=1S/C14H21NO3/c1-3-11(2)13(16)9-15-14(17)10-18-12-7-5-4-6-8-12/h4-8,11,13,16H,3,9-10H2,1-2H3,(H,15,17)/t11-,13-/m1/s1. The number of nitrogens with one attached hydrogen (secondary N) is 1. The maximum Gasteiger partial charge on any atom is 0.258 e. The Bertz CT molecular complexity index is 353. The molecule has 0 aliphatic carbocycles. The van der Waals surface area contributed by atoms with Crippen LogP contribution in [0.15, 0.2) is 30.3 Å². The average molecular weight is 251 g/mol. The maximum atomic E-state index is 11.5. The van der Waals surface area contributed by atoms with Gasteiger partial charge >= 0.3 is 0 Å². The predicted molar refractivity (Wildman–Crippen MR) is 70.4 cm³/mol. The van der Waals surface area contributed by atoms with E-state index in [2.05, 4.69) is 5.32 Å². The number of carbonyl (C=O) groups excluding carboxylic acids is 1. The van der Waals surface area contributed by atoms with Crippen molar-refractivity contribution in [3.05, 3.63) is 30.3 Å². The fourth-order valence-corrected chi connectivity index (χ4v) is 1.41. The molecule has 0 aliphatic heterocycles. The first-order valence-electron chi connectivity index (χ1n) is 6.26. The number of hydrogen-bond donors (Lipinski definition) is 2. The van der Waals surface area contributed by atoms with Crippen LogP contribution in [0.25, 0.3) is 0 Å². The highest BCUT2D eigenvalue weighted by molar-refractivity contribution is 5.77. The van der Waals surface area contributed by atoms with Crippen LogP contribution in [0, 0.1) is 5.92 Å². The summed E-state index contributed by atoms with van der Waals surface area (Å²) in [4.78, 5) is 11.5. The Labute approximate surface area is 108 Å². The van der Waals surface area contributed by atoms with Crippen LogP contribution in [0.2, 0.25) is 0 Å². The summed E-state index contributed by atoms with van der Waals surface area (Å²) in [7, 11) is 0. The Hall–Kier alpha value is -1.55. The Morgan fingerprint density at radius 3 is 2.67 bits per heavy atom. The van der Waals surface area contributed by atoms with Crippen LogP contribution >= 0.6 is 0 Å². The van der Waals surface area contributed by atoms with E-state index in [1.54, 1.807) is 12.1 Å². The smallest absolute Gasteiger partial charge is 0.258 e. The Balaban J connectivity index is 2.22. The fraction of sp³-hybridized carbons (Fsp3) is 0.500. The third-order valence-corrected chi connectivity index (χ3v) is 2.92. The van der Waals surface area contributed by atoms with Gasteiger partial charge in [0.2, 0.25) is 0 Å². The summed E-state index contributed by atoms with van der Waals surface area (Å²) < 4.78 is 5.29. The molecule has 4 nitrogen and oxygen atoms in total. The predicted octanol–water partition coefficient (Wildman–Crippen LogP) is 1.59. The summed E-state index contributed by atoms with van der Waals surface area (Å²) >= 11 is 0. The van der Waals surface area contributed by atoms with Gasteiger partial charge in [-0.25, -0.2) is 0 Å². The minimum atomic E-state index is -0.504. The van der Waals surface area contributed by atoms with E-state index in [1.165, 1.54) is 0 Å². The van der Waals surface area contributed by atoms with Gasteiger partial charge in [-0.2, -0.15) is 0 Å². The summed E-state index contributed by atoms with van der Waals surface area (Å²) in [6.45, 7) is 4.20. The van der Waals surface area contributed by atoms with Crippen LogP contribution in [0.4, 0.5) is 0 Å². The van der Waals surface area contributed by atoms with Crippen molar-refractivity contribution in [3.63, 3.8) is 0 Å². The zero-order valence-corrected chi connectivity index (χ0v) is 10.9. The van der Waals surface area contributed by atoms with Crippen molar-refractivity contribution in [1.82, 2.24) is 5.32 Å². The molecule has 18 heavy (non-hydrogen) atoms. The molecule has 1 amide bonds. The highest BCUT2D eigenvalue weighted by Gasteiger charge is 2.13. The number of amides is 1. The molecule has 1 aromatic carbocycles. The third-order valence-electron chi connectivity index (χ3n) is 2.92. The number of ether oxygens (including phenoxy) is 1. The molecule has 0 aliphatic rings. The minimum absolute atomic E-state index is 0.0305. The summed E-state index contributed by atoms with van der Waals surface area (Å²) in [5.41, 5.74) is 0. The largest absolute Gasteiger partial charge is 0.484 e. The van der Waals surface area contributed by atoms with Crippen LogP contribution in [0.5, 0.6) is 5.75 Å². The zero-order chi connectivity index (χ0) is 13.4. The minimum Gasteiger partial charge on any atom is -0.484 e. The lowest BCUT2D eigenvalue weighted by Crippen LogP contribution is -2.37. The first-order valence-corrected chi connectivity index (χ1v) is 6.26. The summed E-state index contributed by atoms with van der Waals surface area (Å²) in [6.07, 6.45) is 0.382. The van der Waals surface area contributed by atoms with Crippen molar-refractivity contribution in [2.45, 2.75) is 26.4 Å². The van der Waals surface area contributed by atoms with Gasteiger partial charge in [0, 0.05) is 6.54 Å². The molecule has 0 aromatic heterocycles. The Kier molecular flexibility index (Phi) is 6.22. The highest BCUT2D eigenvalue weighted by atomic mass is 16.5.